The Bertz CT molecular complexity index is 838. The number of rotatable bonds is 3. The third-order valence-corrected chi connectivity index (χ3v) is 6.12. The van der Waals surface area contributed by atoms with Crippen LogP contribution in [0.3, 0.4) is 0 Å². The average Bonchev–Trinajstić information content (AvgIpc) is 3.26. The van der Waals surface area contributed by atoms with Gasteiger partial charge >= 0.3 is 0 Å². The van der Waals surface area contributed by atoms with Crippen LogP contribution in [0.2, 0.25) is 0 Å². The summed E-state index contributed by atoms with van der Waals surface area (Å²) < 4.78 is 5.32. The van der Waals surface area contributed by atoms with E-state index in [0.29, 0.717) is 32.0 Å². The van der Waals surface area contributed by atoms with Crippen LogP contribution in [0.5, 0.6) is 0 Å². The van der Waals surface area contributed by atoms with Crippen LogP contribution >= 0.6 is 0 Å². The van der Waals surface area contributed by atoms with Crippen molar-refractivity contribution in [3.8, 4) is 0 Å². The summed E-state index contributed by atoms with van der Waals surface area (Å²) in [7, 11) is 0. The molecule has 1 fully saturated rings. The molecule has 28 heavy (non-hydrogen) atoms. The van der Waals surface area contributed by atoms with E-state index in [0.717, 1.165) is 24.0 Å². The van der Waals surface area contributed by atoms with E-state index >= 15 is 0 Å². The maximum Gasteiger partial charge on any atom is 0.290 e. The molecule has 2 atom stereocenters. The van der Waals surface area contributed by atoms with Crippen LogP contribution in [0.15, 0.2) is 47.1 Å². The van der Waals surface area contributed by atoms with E-state index in [1.807, 2.05) is 36.1 Å². The molecule has 0 saturated carbocycles. The van der Waals surface area contributed by atoms with Gasteiger partial charge in [0, 0.05) is 32.1 Å². The largest absolute Gasteiger partial charge is 0.459 e. The molecule has 1 aromatic carbocycles. The Morgan fingerprint density at radius 3 is 2.46 bits per heavy atom. The number of hydrogen-bond acceptors (Lipinski definition) is 4. The monoisotopic (exact) mass is 381 g/mol. The van der Waals surface area contributed by atoms with Gasteiger partial charge < -0.3 is 20.0 Å². The molecule has 6 heteroatoms. The third kappa shape index (κ3) is 3.56. The van der Waals surface area contributed by atoms with E-state index in [2.05, 4.69) is 0 Å². The van der Waals surface area contributed by atoms with Crippen LogP contribution in [-0.4, -0.2) is 46.8 Å². The number of piperidine rings is 1. The van der Waals surface area contributed by atoms with Crippen LogP contribution in [0.4, 0.5) is 0 Å². The number of hydrogen-bond donors (Lipinski definition) is 1. The van der Waals surface area contributed by atoms with Crippen molar-refractivity contribution in [1.82, 2.24) is 9.80 Å². The van der Waals surface area contributed by atoms with Crippen molar-refractivity contribution in [2.45, 2.75) is 44.8 Å². The Labute approximate surface area is 165 Å². The van der Waals surface area contributed by atoms with Gasteiger partial charge in [0.2, 0.25) is 5.91 Å². The Morgan fingerprint density at radius 2 is 1.82 bits per heavy atom. The van der Waals surface area contributed by atoms with Gasteiger partial charge in [-0.15, -0.1) is 0 Å². The molecule has 0 radical (unpaired) electrons. The van der Waals surface area contributed by atoms with Crippen molar-refractivity contribution in [2.75, 3.05) is 13.1 Å². The molecule has 0 aliphatic carbocycles. The van der Waals surface area contributed by atoms with Crippen molar-refractivity contribution < 1.29 is 14.0 Å². The van der Waals surface area contributed by atoms with Gasteiger partial charge in [0.25, 0.3) is 5.91 Å². The standard InChI is InChI=1S/C22H27N3O3/c1-15(23)16-8-10-24(11-9-16)21(26)19-13-17-5-2-3-6-18(17)14-25(19)22(27)20-7-4-12-28-20/h2-7,12,15-16,19H,8-11,13-14,23H2,1H3. The number of carbonyl (C=O) groups excluding carboxylic acids is 2. The number of nitrogens with zero attached hydrogens (tertiary/aromatic N) is 2. The van der Waals surface area contributed by atoms with Crippen molar-refractivity contribution in [3.05, 3.63) is 59.5 Å². The lowest BCUT2D eigenvalue weighted by Crippen LogP contribution is -2.55. The lowest BCUT2D eigenvalue weighted by molar-refractivity contribution is -0.138. The van der Waals surface area contributed by atoms with Gasteiger partial charge in [-0.1, -0.05) is 24.3 Å². The average molecular weight is 381 g/mol. The molecule has 2 N–H and O–H groups in total. The van der Waals surface area contributed by atoms with Gasteiger partial charge in [0.05, 0.1) is 6.26 Å². The topological polar surface area (TPSA) is 79.8 Å². The summed E-state index contributed by atoms with van der Waals surface area (Å²) in [6.07, 6.45) is 3.85. The van der Waals surface area contributed by atoms with E-state index in [-0.39, 0.29) is 23.6 Å². The summed E-state index contributed by atoms with van der Waals surface area (Å²) in [5.41, 5.74) is 8.25. The molecular weight excluding hydrogens is 354 g/mol. The summed E-state index contributed by atoms with van der Waals surface area (Å²) in [6, 6.07) is 11.0. The summed E-state index contributed by atoms with van der Waals surface area (Å²) in [5, 5.41) is 0. The highest BCUT2D eigenvalue weighted by atomic mass is 16.3. The summed E-state index contributed by atoms with van der Waals surface area (Å²) in [6.45, 7) is 3.85. The molecule has 2 aromatic rings. The van der Waals surface area contributed by atoms with E-state index in [9.17, 15) is 9.59 Å². The summed E-state index contributed by atoms with van der Waals surface area (Å²) in [5.74, 6) is 0.519. The second kappa shape index (κ2) is 7.80. The number of carbonyl (C=O) groups is 2. The molecule has 4 rings (SSSR count). The Morgan fingerprint density at radius 1 is 1.11 bits per heavy atom. The van der Waals surface area contributed by atoms with Crippen LogP contribution in [-0.2, 0) is 17.8 Å². The van der Waals surface area contributed by atoms with Crippen LogP contribution in [0.1, 0.15) is 41.4 Å². The molecule has 2 unspecified atom stereocenters. The van der Waals surface area contributed by atoms with Gasteiger partial charge in [0.1, 0.15) is 6.04 Å². The lowest BCUT2D eigenvalue weighted by atomic mass is 9.89. The third-order valence-electron chi connectivity index (χ3n) is 6.12. The minimum absolute atomic E-state index is 0.0255. The first-order valence-corrected chi connectivity index (χ1v) is 10.00. The van der Waals surface area contributed by atoms with Crippen molar-refractivity contribution in [3.63, 3.8) is 0 Å². The smallest absolute Gasteiger partial charge is 0.290 e. The van der Waals surface area contributed by atoms with Crippen molar-refractivity contribution in [2.24, 2.45) is 11.7 Å². The zero-order valence-corrected chi connectivity index (χ0v) is 16.2. The van der Waals surface area contributed by atoms with Gasteiger partial charge in [0.15, 0.2) is 5.76 Å². The number of fused-ring (bicyclic) bond motifs is 1. The van der Waals surface area contributed by atoms with Gasteiger partial charge in [-0.25, -0.2) is 0 Å². The lowest BCUT2D eigenvalue weighted by Gasteiger charge is -2.40. The number of nitrogens with two attached hydrogens (primary N) is 1. The molecule has 0 bridgehead atoms. The number of benzene rings is 1. The number of likely N-dealkylation sites (tertiary alicyclic amines) is 1. The maximum atomic E-state index is 13.4. The minimum atomic E-state index is -0.501. The first-order valence-electron chi connectivity index (χ1n) is 10.00. The van der Waals surface area contributed by atoms with Crippen molar-refractivity contribution in [1.29, 1.82) is 0 Å². The fourth-order valence-corrected chi connectivity index (χ4v) is 4.36. The quantitative estimate of drug-likeness (QED) is 0.886. The van der Waals surface area contributed by atoms with Crippen LogP contribution in [0.25, 0.3) is 0 Å². The number of furan rings is 1. The van der Waals surface area contributed by atoms with Crippen molar-refractivity contribution >= 4 is 11.8 Å². The zero-order valence-electron chi connectivity index (χ0n) is 16.2. The SMILES string of the molecule is CC(N)C1CCN(C(=O)C2Cc3ccccc3CN2C(=O)c2ccco2)CC1. The predicted molar refractivity (Wildman–Crippen MR) is 105 cm³/mol. The van der Waals surface area contributed by atoms with Gasteiger partial charge in [-0.2, -0.15) is 0 Å². The van der Waals surface area contributed by atoms with E-state index in [4.69, 9.17) is 10.2 Å². The highest BCUT2D eigenvalue weighted by molar-refractivity contribution is 5.96. The van der Waals surface area contributed by atoms with E-state index in [1.165, 1.54) is 6.26 Å². The maximum absolute atomic E-state index is 13.4. The Hall–Kier alpha value is -2.60. The molecule has 2 aliphatic rings. The molecule has 1 aromatic heterocycles. The second-order valence-electron chi connectivity index (χ2n) is 7.92. The molecule has 148 valence electrons. The molecule has 0 spiro atoms. The fourth-order valence-electron chi connectivity index (χ4n) is 4.36. The first kappa shape index (κ1) is 18.7. The Balaban J connectivity index is 1.57. The predicted octanol–water partition coefficient (Wildman–Crippen LogP) is 2.43. The molecule has 3 heterocycles. The fraction of sp³-hybridized carbons (Fsp3) is 0.455. The highest BCUT2D eigenvalue weighted by Gasteiger charge is 2.39. The molecule has 6 nitrogen and oxygen atoms in total. The summed E-state index contributed by atoms with van der Waals surface area (Å²) >= 11 is 0. The van der Waals surface area contributed by atoms with Gasteiger partial charge in [-0.05, 0) is 48.9 Å². The molecule has 1 saturated heterocycles. The molecule has 2 aliphatic heterocycles. The zero-order chi connectivity index (χ0) is 19.7. The highest BCUT2D eigenvalue weighted by Crippen LogP contribution is 2.28. The van der Waals surface area contributed by atoms with E-state index < -0.39 is 6.04 Å². The van der Waals surface area contributed by atoms with Gasteiger partial charge in [-0.3, -0.25) is 9.59 Å². The Kier molecular flexibility index (Phi) is 5.22. The normalized spacial score (nSPS) is 21.3. The van der Waals surface area contributed by atoms with E-state index in [1.54, 1.807) is 17.0 Å². The second-order valence-corrected chi connectivity index (χ2v) is 7.92. The van der Waals surface area contributed by atoms with Crippen LogP contribution < -0.4 is 5.73 Å². The summed E-state index contributed by atoms with van der Waals surface area (Å²) in [4.78, 5) is 30.0. The molecular formula is C22H27N3O3. The number of amides is 2. The molecule has 2 amide bonds. The van der Waals surface area contributed by atoms with Crippen LogP contribution in [0, 0.1) is 5.92 Å². The minimum Gasteiger partial charge on any atom is -0.459 e. The first-order chi connectivity index (χ1) is 13.5.